The largest absolute Gasteiger partial charge is 0.493 e. The molecule has 3 aliphatic rings. The van der Waals surface area contributed by atoms with Gasteiger partial charge in [-0.05, 0) is 30.7 Å². The lowest BCUT2D eigenvalue weighted by atomic mass is 9.88. The maximum atomic E-state index is 12.9. The highest BCUT2D eigenvalue weighted by molar-refractivity contribution is 6.32. The van der Waals surface area contributed by atoms with E-state index in [1.807, 2.05) is 24.3 Å². The number of nitriles is 1. The molecule has 4 heterocycles. The number of nitrogens with one attached hydrogen (secondary N) is 4. The molecular formula is C23H27ClN8O2. The highest BCUT2D eigenvalue weighted by Crippen LogP contribution is 2.36. The Morgan fingerprint density at radius 3 is 2.79 bits per heavy atom. The number of hydrogen-bond donors (Lipinski definition) is 4. The van der Waals surface area contributed by atoms with E-state index < -0.39 is 0 Å². The Morgan fingerprint density at radius 2 is 2.09 bits per heavy atom. The van der Waals surface area contributed by atoms with Gasteiger partial charge in [-0.2, -0.15) is 5.26 Å². The zero-order chi connectivity index (χ0) is 23.8. The summed E-state index contributed by atoms with van der Waals surface area (Å²) in [5, 5.41) is 22.0. The van der Waals surface area contributed by atoms with Crippen molar-refractivity contribution in [3.8, 4) is 11.8 Å². The number of benzene rings is 1. The number of carbonyl (C=O) groups excluding carboxylic acids is 1. The van der Waals surface area contributed by atoms with E-state index in [1.54, 1.807) is 20.2 Å². The Labute approximate surface area is 203 Å². The summed E-state index contributed by atoms with van der Waals surface area (Å²) in [5.41, 5.74) is 5.20. The van der Waals surface area contributed by atoms with Gasteiger partial charge in [0.25, 0.3) is 0 Å². The van der Waals surface area contributed by atoms with E-state index in [0.29, 0.717) is 28.7 Å². The zero-order valence-electron chi connectivity index (χ0n) is 19.0. The van der Waals surface area contributed by atoms with Crippen LogP contribution >= 0.6 is 11.6 Å². The molecule has 3 saturated heterocycles. The van der Waals surface area contributed by atoms with E-state index in [2.05, 4.69) is 37.3 Å². The van der Waals surface area contributed by atoms with Crippen LogP contribution in [0.5, 0.6) is 5.75 Å². The van der Waals surface area contributed by atoms with E-state index in [-0.39, 0.29) is 30.2 Å². The van der Waals surface area contributed by atoms with Gasteiger partial charge in [0, 0.05) is 32.6 Å². The van der Waals surface area contributed by atoms with Gasteiger partial charge < -0.3 is 20.3 Å². The van der Waals surface area contributed by atoms with E-state index in [1.165, 1.54) is 5.01 Å². The smallest absolute Gasteiger partial charge is 0.244 e. The SMILES string of the molecule is COc1c(Cl)cccc1NC1CC(Nc2ccc(N3CCC3)c(C#N)n2)NC2NN(C)C(=O)C12. The first kappa shape index (κ1) is 22.5. The van der Waals surface area contributed by atoms with Gasteiger partial charge in [0.1, 0.15) is 11.9 Å². The molecule has 11 heteroatoms. The number of nitrogens with zero attached hydrogens (tertiary/aromatic N) is 4. The van der Waals surface area contributed by atoms with Gasteiger partial charge in [0.05, 0.1) is 41.8 Å². The van der Waals surface area contributed by atoms with Gasteiger partial charge in [-0.15, -0.1) is 0 Å². The second-order valence-electron chi connectivity index (χ2n) is 8.72. The van der Waals surface area contributed by atoms with Gasteiger partial charge in [-0.3, -0.25) is 15.1 Å². The lowest BCUT2D eigenvalue weighted by molar-refractivity contribution is -0.131. The number of carbonyl (C=O) groups is 1. The average Bonchev–Trinajstić information content (AvgIpc) is 3.07. The molecule has 10 nitrogen and oxygen atoms in total. The number of para-hydroxylation sites is 1. The number of halogens is 1. The Hall–Kier alpha value is -3.26. The molecule has 1 amide bonds. The van der Waals surface area contributed by atoms with Gasteiger partial charge in [0.2, 0.25) is 5.91 Å². The number of anilines is 3. The molecule has 0 aliphatic carbocycles. The minimum absolute atomic E-state index is 0.00163. The van der Waals surface area contributed by atoms with Crippen LogP contribution in [0, 0.1) is 17.2 Å². The molecule has 5 rings (SSSR count). The summed E-state index contributed by atoms with van der Waals surface area (Å²) in [6.07, 6.45) is 1.23. The summed E-state index contributed by atoms with van der Waals surface area (Å²) in [6, 6.07) is 11.3. The normalized spacial score (nSPS) is 25.9. The minimum Gasteiger partial charge on any atom is -0.493 e. The van der Waals surface area contributed by atoms with Crippen molar-refractivity contribution in [2.24, 2.45) is 5.92 Å². The van der Waals surface area contributed by atoms with Gasteiger partial charge >= 0.3 is 0 Å². The molecule has 178 valence electrons. The number of hydrazine groups is 1. The van der Waals surface area contributed by atoms with Crippen LogP contribution in [-0.2, 0) is 4.79 Å². The fourth-order valence-electron chi connectivity index (χ4n) is 4.83. The van der Waals surface area contributed by atoms with E-state index in [9.17, 15) is 10.1 Å². The highest BCUT2D eigenvalue weighted by Gasteiger charge is 2.48. The third-order valence-corrected chi connectivity index (χ3v) is 6.92. The quantitative estimate of drug-likeness (QED) is 0.490. The molecule has 4 atom stereocenters. The van der Waals surface area contributed by atoms with E-state index in [0.717, 1.165) is 30.9 Å². The summed E-state index contributed by atoms with van der Waals surface area (Å²) >= 11 is 6.31. The number of ether oxygens (including phenoxy) is 1. The standard InChI is InChI=1S/C23H27ClN8O2/c1-31-23(33)20-15(26-14-6-3-5-13(24)21(14)34-2)11-19(29-22(20)30-31)28-18-8-7-17(16(12-25)27-18)32-9-4-10-32/h3,5-8,15,19-20,22,26,29-30H,4,9-11H2,1-2H3,(H,27,28). The number of pyridine rings is 1. The summed E-state index contributed by atoms with van der Waals surface area (Å²) in [5.74, 6) is 0.812. The molecule has 4 unspecified atom stereocenters. The van der Waals surface area contributed by atoms with Crippen LogP contribution in [0.25, 0.3) is 0 Å². The van der Waals surface area contributed by atoms with Gasteiger partial charge in [0.15, 0.2) is 11.4 Å². The third kappa shape index (κ3) is 4.07. The Kier molecular flexibility index (Phi) is 6.08. The van der Waals surface area contributed by atoms with Crippen molar-refractivity contribution >= 4 is 34.7 Å². The highest BCUT2D eigenvalue weighted by atomic mass is 35.5. The predicted octanol–water partition coefficient (Wildman–Crippen LogP) is 1.96. The van der Waals surface area contributed by atoms with Crippen molar-refractivity contribution in [1.82, 2.24) is 20.7 Å². The van der Waals surface area contributed by atoms with Crippen LogP contribution in [-0.4, -0.2) is 61.5 Å². The van der Waals surface area contributed by atoms with Crippen molar-refractivity contribution in [1.29, 1.82) is 5.26 Å². The van der Waals surface area contributed by atoms with Crippen LogP contribution in [0.4, 0.5) is 17.2 Å². The van der Waals surface area contributed by atoms with Crippen molar-refractivity contribution in [2.45, 2.75) is 31.2 Å². The summed E-state index contributed by atoms with van der Waals surface area (Å²) < 4.78 is 5.49. The number of amides is 1. The predicted molar refractivity (Wildman–Crippen MR) is 130 cm³/mol. The van der Waals surface area contributed by atoms with Crippen molar-refractivity contribution in [2.75, 3.05) is 42.8 Å². The zero-order valence-corrected chi connectivity index (χ0v) is 19.8. The topological polar surface area (TPSA) is 118 Å². The van der Waals surface area contributed by atoms with Crippen molar-refractivity contribution in [3.05, 3.63) is 41.0 Å². The van der Waals surface area contributed by atoms with Crippen LogP contribution in [0.1, 0.15) is 18.5 Å². The molecule has 0 spiro atoms. The average molecular weight is 483 g/mol. The summed E-state index contributed by atoms with van der Waals surface area (Å²) in [7, 11) is 3.29. The second-order valence-corrected chi connectivity index (χ2v) is 9.12. The third-order valence-electron chi connectivity index (χ3n) is 6.62. The van der Waals surface area contributed by atoms with Crippen LogP contribution in [0.2, 0.25) is 5.02 Å². The number of piperidine rings is 1. The van der Waals surface area contributed by atoms with Crippen molar-refractivity contribution in [3.63, 3.8) is 0 Å². The van der Waals surface area contributed by atoms with Crippen LogP contribution in [0.15, 0.2) is 30.3 Å². The summed E-state index contributed by atoms with van der Waals surface area (Å²) in [6.45, 7) is 1.90. The molecule has 3 aliphatic heterocycles. The molecule has 1 aromatic carbocycles. The summed E-state index contributed by atoms with van der Waals surface area (Å²) in [4.78, 5) is 19.6. The molecule has 0 radical (unpaired) electrons. The van der Waals surface area contributed by atoms with Crippen LogP contribution < -0.4 is 31.0 Å². The first-order valence-electron chi connectivity index (χ1n) is 11.3. The Bertz CT molecular complexity index is 1130. The first-order chi connectivity index (χ1) is 16.5. The number of methoxy groups -OCH3 is 1. The molecule has 4 N–H and O–H groups in total. The lowest BCUT2D eigenvalue weighted by Crippen LogP contribution is -2.60. The monoisotopic (exact) mass is 482 g/mol. The fourth-order valence-corrected chi connectivity index (χ4v) is 5.09. The molecular weight excluding hydrogens is 456 g/mol. The molecule has 0 bridgehead atoms. The molecule has 0 saturated carbocycles. The number of rotatable bonds is 6. The Morgan fingerprint density at radius 1 is 1.26 bits per heavy atom. The molecule has 1 aromatic heterocycles. The maximum absolute atomic E-state index is 12.9. The molecule has 2 aromatic rings. The van der Waals surface area contributed by atoms with Gasteiger partial charge in [-0.25, -0.2) is 10.4 Å². The van der Waals surface area contributed by atoms with Gasteiger partial charge in [-0.1, -0.05) is 17.7 Å². The molecule has 34 heavy (non-hydrogen) atoms. The lowest BCUT2D eigenvalue weighted by Gasteiger charge is -2.39. The number of fused-ring (bicyclic) bond motifs is 1. The minimum atomic E-state index is -0.330. The second kappa shape index (κ2) is 9.18. The number of hydrogen-bond acceptors (Lipinski definition) is 9. The van der Waals surface area contributed by atoms with E-state index >= 15 is 0 Å². The fraction of sp³-hybridized carbons (Fsp3) is 0.435. The van der Waals surface area contributed by atoms with Crippen molar-refractivity contribution < 1.29 is 9.53 Å². The Balaban J connectivity index is 1.38. The molecule has 3 fully saturated rings. The number of aromatic nitrogens is 1. The first-order valence-corrected chi connectivity index (χ1v) is 11.7. The van der Waals surface area contributed by atoms with Crippen LogP contribution in [0.3, 0.4) is 0 Å². The maximum Gasteiger partial charge on any atom is 0.244 e. The van der Waals surface area contributed by atoms with E-state index in [4.69, 9.17) is 16.3 Å².